The molecule has 1 aliphatic rings. The van der Waals surface area contributed by atoms with Gasteiger partial charge in [0.05, 0.1) is 11.5 Å². The number of carbonyl (C=O) groups is 1. The van der Waals surface area contributed by atoms with Crippen LogP contribution in [0.15, 0.2) is 30.5 Å². The summed E-state index contributed by atoms with van der Waals surface area (Å²) in [6, 6.07) is 6.63. The van der Waals surface area contributed by atoms with Crippen molar-refractivity contribution in [2.75, 3.05) is 11.5 Å². The van der Waals surface area contributed by atoms with Crippen LogP contribution >= 0.6 is 0 Å². The number of para-hydroxylation sites is 1. The van der Waals surface area contributed by atoms with E-state index in [-0.39, 0.29) is 17.5 Å². The summed E-state index contributed by atoms with van der Waals surface area (Å²) in [4.78, 5) is 14.6. The van der Waals surface area contributed by atoms with Gasteiger partial charge in [0.1, 0.15) is 6.04 Å². The number of carboxylic acid groups (broad SMARTS) is 1. The van der Waals surface area contributed by atoms with E-state index in [2.05, 4.69) is 10.3 Å². The lowest BCUT2D eigenvalue weighted by atomic mass is 10.0. The summed E-state index contributed by atoms with van der Waals surface area (Å²) in [6.45, 7) is 0. The van der Waals surface area contributed by atoms with Crippen LogP contribution in [0.3, 0.4) is 0 Å². The molecule has 1 aromatic heterocycles. The van der Waals surface area contributed by atoms with Gasteiger partial charge in [-0.1, -0.05) is 18.2 Å². The number of hydrogen-bond acceptors (Lipinski definition) is 4. The summed E-state index contributed by atoms with van der Waals surface area (Å²) < 4.78 is 23.0. The molecule has 0 amide bonds. The number of hydrogen-bond donors (Lipinski definition) is 3. The average Bonchev–Trinajstić information content (AvgIpc) is 3.02. The number of fused-ring (bicyclic) bond motifs is 1. The fraction of sp³-hybridized carbons (Fsp3) is 0.400. The Bertz CT molecular complexity index is 797. The standard InChI is InChI=1S/C15H18N2O4S/c18-15(19)14(17-11-5-6-22(20,21)9-11)7-10-8-16-13-4-2-1-3-12(10)13/h1-4,8,11,14,16-17H,5-7,9H2,(H,18,19)/t11-,14+/m1/s1. The Kier molecular flexibility index (Phi) is 3.92. The summed E-state index contributed by atoms with van der Waals surface area (Å²) in [5.41, 5.74) is 1.88. The Balaban J connectivity index is 1.76. The summed E-state index contributed by atoms with van der Waals surface area (Å²) >= 11 is 0. The molecule has 3 rings (SSSR count). The molecule has 22 heavy (non-hydrogen) atoms. The third-order valence-corrected chi connectivity index (χ3v) is 5.83. The van der Waals surface area contributed by atoms with Crippen molar-refractivity contribution in [2.24, 2.45) is 0 Å². The van der Waals surface area contributed by atoms with E-state index in [1.807, 2.05) is 30.5 Å². The minimum atomic E-state index is -3.03. The Hall–Kier alpha value is -1.86. The molecule has 1 saturated heterocycles. The van der Waals surface area contributed by atoms with E-state index in [0.29, 0.717) is 12.8 Å². The van der Waals surface area contributed by atoms with Crippen LogP contribution in [0.5, 0.6) is 0 Å². The highest BCUT2D eigenvalue weighted by Gasteiger charge is 2.31. The van der Waals surface area contributed by atoms with Crippen molar-refractivity contribution in [1.29, 1.82) is 0 Å². The molecule has 2 aromatic rings. The molecule has 1 fully saturated rings. The smallest absolute Gasteiger partial charge is 0.321 e. The van der Waals surface area contributed by atoms with Gasteiger partial charge >= 0.3 is 5.97 Å². The maximum atomic E-state index is 11.5. The first-order chi connectivity index (χ1) is 10.4. The first-order valence-electron chi connectivity index (χ1n) is 7.19. The zero-order valence-electron chi connectivity index (χ0n) is 12.0. The minimum Gasteiger partial charge on any atom is -0.480 e. The van der Waals surface area contributed by atoms with Gasteiger partial charge in [0, 0.05) is 29.6 Å². The van der Waals surface area contributed by atoms with Crippen molar-refractivity contribution in [2.45, 2.75) is 24.9 Å². The van der Waals surface area contributed by atoms with Crippen molar-refractivity contribution in [1.82, 2.24) is 10.3 Å². The lowest BCUT2D eigenvalue weighted by Crippen LogP contribution is -2.45. The summed E-state index contributed by atoms with van der Waals surface area (Å²) in [7, 11) is -3.03. The van der Waals surface area contributed by atoms with E-state index in [9.17, 15) is 18.3 Å². The number of aliphatic carboxylic acids is 1. The molecule has 2 atom stereocenters. The van der Waals surface area contributed by atoms with E-state index in [1.165, 1.54) is 0 Å². The molecule has 0 spiro atoms. The Morgan fingerprint density at radius 1 is 1.41 bits per heavy atom. The second-order valence-corrected chi connectivity index (χ2v) is 7.95. The largest absolute Gasteiger partial charge is 0.480 e. The summed E-state index contributed by atoms with van der Waals surface area (Å²) in [5.74, 6) is -0.816. The molecule has 0 aliphatic carbocycles. The molecule has 6 nitrogen and oxygen atoms in total. The van der Waals surface area contributed by atoms with Gasteiger partial charge in [0.25, 0.3) is 0 Å². The van der Waals surface area contributed by atoms with Gasteiger partial charge < -0.3 is 15.4 Å². The number of carboxylic acids is 1. The normalized spacial score (nSPS) is 21.9. The molecule has 3 N–H and O–H groups in total. The van der Waals surface area contributed by atoms with E-state index in [1.54, 1.807) is 0 Å². The Morgan fingerprint density at radius 2 is 2.18 bits per heavy atom. The number of aromatic nitrogens is 1. The third-order valence-electron chi connectivity index (χ3n) is 4.07. The second-order valence-electron chi connectivity index (χ2n) is 5.72. The van der Waals surface area contributed by atoms with Gasteiger partial charge in [-0.2, -0.15) is 0 Å². The SMILES string of the molecule is O=C(O)[C@H](Cc1c[nH]c2ccccc12)N[C@@H]1CCS(=O)(=O)C1. The maximum Gasteiger partial charge on any atom is 0.321 e. The number of nitrogens with one attached hydrogen (secondary N) is 2. The summed E-state index contributed by atoms with van der Waals surface area (Å²) in [6.07, 6.45) is 2.60. The van der Waals surface area contributed by atoms with Crippen molar-refractivity contribution in [3.63, 3.8) is 0 Å². The quantitative estimate of drug-likeness (QED) is 0.761. The van der Waals surface area contributed by atoms with Crippen LogP contribution in [-0.4, -0.2) is 48.1 Å². The summed E-state index contributed by atoms with van der Waals surface area (Å²) in [5, 5.41) is 13.4. The fourth-order valence-corrected chi connectivity index (χ4v) is 4.64. The van der Waals surface area contributed by atoms with Crippen LogP contribution in [-0.2, 0) is 21.1 Å². The molecule has 2 heterocycles. The molecule has 0 unspecified atom stereocenters. The molecule has 1 aromatic carbocycles. The lowest BCUT2D eigenvalue weighted by Gasteiger charge is -2.18. The molecule has 118 valence electrons. The van der Waals surface area contributed by atoms with Crippen LogP contribution < -0.4 is 5.32 Å². The predicted octanol–water partition coefficient (Wildman–Crippen LogP) is 0.940. The zero-order chi connectivity index (χ0) is 15.7. The van der Waals surface area contributed by atoms with Crippen molar-refractivity contribution in [3.8, 4) is 0 Å². The molecule has 0 saturated carbocycles. The van der Waals surface area contributed by atoms with Gasteiger partial charge in [-0.25, -0.2) is 8.42 Å². The van der Waals surface area contributed by atoms with Crippen LogP contribution in [0.2, 0.25) is 0 Å². The Labute approximate surface area is 128 Å². The third kappa shape index (κ3) is 3.15. The first-order valence-corrected chi connectivity index (χ1v) is 9.01. The highest BCUT2D eigenvalue weighted by atomic mass is 32.2. The monoisotopic (exact) mass is 322 g/mol. The zero-order valence-corrected chi connectivity index (χ0v) is 12.8. The minimum absolute atomic E-state index is 0.0185. The molecule has 1 aliphatic heterocycles. The Morgan fingerprint density at radius 3 is 2.86 bits per heavy atom. The van der Waals surface area contributed by atoms with Crippen LogP contribution in [0, 0.1) is 0 Å². The molecular weight excluding hydrogens is 304 g/mol. The molecule has 0 bridgehead atoms. The first kappa shape index (κ1) is 15.1. The van der Waals surface area contributed by atoms with E-state index in [4.69, 9.17) is 0 Å². The fourth-order valence-electron chi connectivity index (χ4n) is 2.95. The van der Waals surface area contributed by atoms with Crippen LogP contribution in [0.1, 0.15) is 12.0 Å². The second kappa shape index (κ2) is 5.73. The van der Waals surface area contributed by atoms with Crippen LogP contribution in [0.25, 0.3) is 10.9 Å². The lowest BCUT2D eigenvalue weighted by molar-refractivity contribution is -0.139. The van der Waals surface area contributed by atoms with Gasteiger partial charge in [0.15, 0.2) is 9.84 Å². The van der Waals surface area contributed by atoms with E-state index in [0.717, 1.165) is 16.5 Å². The van der Waals surface area contributed by atoms with Crippen LogP contribution in [0.4, 0.5) is 0 Å². The highest BCUT2D eigenvalue weighted by Crippen LogP contribution is 2.20. The number of benzene rings is 1. The van der Waals surface area contributed by atoms with Gasteiger partial charge in [0.2, 0.25) is 0 Å². The maximum absolute atomic E-state index is 11.5. The average molecular weight is 322 g/mol. The van der Waals surface area contributed by atoms with Crippen molar-refractivity contribution in [3.05, 3.63) is 36.0 Å². The van der Waals surface area contributed by atoms with E-state index >= 15 is 0 Å². The molecular formula is C15H18N2O4S. The van der Waals surface area contributed by atoms with Crippen molar-refractivity contribution < 1.29 is 18.3 Å². The number of aromatic amines is 1. The van der Waals surface area contributed by atoms with Gasteiger partial charge in [-0.05, 0) is 18.1 Å². The predicted molar refractivity (Wildman–Crippen MR) is 83.6 cm³/mol. The number of H-pyrrole nitrogens is 1. The number of rotatable bonds is 5. The van der Waals surface area contributed by atoms with E-state index < -0.39 is 21.8 Å². The van der Waals surface area contributed by atoms with Gasteiger partial charge in [-0.15, -0.1) is 0 Å². The molecule has 7 heteroatoms. The van der Waals surface area contributed by atoms with Gasteiger partial charge in [-0.3, -0.25) is 4.79 Å². The number of sulfone groups is 1. The topological polar surface area (TPSA) is 99.3 Å². The highest BCUT2D eigenvalue weighted by molar-refractivity contribution is 7.91. The van der Waals surface area contributed by atoms with Crippen molar-refractivity contribution >= 4 is 26.7 Å². The molecule has 0 radical (unpaired) electrons.